The molecule has 1 unspecified atom stereocenters. The van der Waals surface area contributed by atoms with Crippen LogP contribution in [0.2, 0.25) is 0 Å². The molecule has 2 N–H and O–H groups in total. The number of benzene rings is 1. The number of aliphatic hydroxyl groups excluding tert-OH is 1. The van der Waals surface area contributed by atoms with E-state index < -0.39 is 0 Å². The van der Waals surface area contributed by atoms with Crippen LogP contribution in [0, 0.1) is 11.8 Å². The molecule has 102 valence electrons. The highest BCUT2D eigenvalue weighted by atomic mass is 16.2. The normalized spacial score (nSPS) is 11.3. The number of carbonyl (C=O) groups excluding carboxylic acids is 1. The highest BCUT2D eigenvalue weighted by Gasteiger charge is 2.08. The van der Waals surface area contributed by atoms with Crippen LogP contribution in [-0.2, 0) is 4.79 Å². The lowest BCUT2D eigenvalue weighted by atomic mass is 10.0. The summed E-state index contributed by atoms with van der Waals surface area (Å²) in [6.07, 6.45) is 1.89. The van der Waals surface area contributed by atoms with Gasteiger partial charge in [0.05, 0.1) is 12.6 Å². The average molecular weight is 259 g/mol. The van der Waals surface area contributed by atoms with Crippen LogP contribution in [0.3, 0.4) is 0 Å². The van der Waals surface area contributed by atoms with Gasteiger partial charge >= 0.3 is 0 Å². The van der Waals surface area contributed by atoms with E-state index in [0.29, 0.717) is 12.8 Å². The van der Waals surface area contributed by atoms with E-state index in [2.05, 4.69) is 17.2 Å². The molecule has 0 saturated carbocycles. The number of aliphatic hydroxyl groups is 1. The highest BCUT2D eigenvalue weighted by molar-refractivity contribution is 5.76. The number of rotatable bonds is 5. The predicted octanol–water partition coefficient (Wildman–Crippen LogP) is 2.40. The zero-order valence-electron chi connectivity index (χ0n) is 11.6. The van der Waals surface area contributed by atoms with Crippen molar-refractivity contribution in [1.29, 1.82) is 0 Å². The Kier molecular flexibility index (Phi) is 6.70. The molecule has 1 amide bonds. The molecular formula is C16H21NO2. The third kappa shape index (κ3) is 5.58. The van der Waals surface area contributed by atoms with Crippen LogP contribution in [0.5, 0.6) is 0 Å². The lowest BCUT2D eigenvalue weighted by molar-refractivity contribution is -0.121. The lowest BCUT2D eigenvalue weighted by Gasteiger charge is -2.14. The third-order valence-corrected chi connectivity index (χ3v) is 2.71. The van der Waals surface area contributed by atoms with Gasteiger partial charge in [-0.25, -0.2) is 0 Å². The van der Waals surface area contributed by atoms with Crippen molar-refractivity contribution in [1.82, 2.24) is 5.32 Å². The maximum Gasteiger partial charge on any atom is 0.220 e. The van der Waals surface area contributed by atoms with Crippen molar-refractivity contribution in [3.63, 3.8) is 0 Å². The Morgan fingerprint density at radius 3 is 2.95 bits per heavy atom. The summed E-state index contributed by atoms with van der Waals surface area (Å²) in [7, 11) is 0. The summed E-state index contributed by atoms with van der Waals surface area (Å²) >= 11 is 0. The molecule has 19 heavy (non-hydrogen) atoms. The Morgan fingerprint density at radius 1 is 1.47 bits per heavy atom. The smallest absolute Gasteiger partial charge is 0.220 e. The SMILES string of the molecule is CCCC(=O)NC(C)c1cccc(C#CCCO)c1. The van der Waals surface area contributed by atoms with E-state index in [0.717, 1.165) is 17.5 Å². The molecule has 3 heteroatoms. The molecule has 3 nitrogen and oxygen atoms in total. The van der Waals surface area contributed by atoms with Crippen LogP contribution < -0.4 is 5.32 Å². The second-order valence-corrected chi connectivity index (χ2v) is 4.44. The minimum atomic E-state index is -0.0151. The molecule has 1 rings (SSSR count). The van der Waals surface area contributed by atoms with Gasteiger partial charge in [-0.15, -0.1) is 0 Å². The zero-order chi connectivity index (χ0) is 14.1. The maximum atomic E-state index is 11.6. The molecule has 1 aromatic carbocycles. The van der Waals surface area contributed by atoms with Gasteiger partial charge in [0.2, 0.25) is 5.91 Å². The van der Waals surface area contributed by atoms with Crippen LogP contribution in [0.25, 0.3) is 0 Å². The van der Waals surface area contributed by atoms with E-state index in [9.17, 15) is 4.79 Å². The second-order valence-electron chi connectivity index (χ2n) is 4.44. The summed E-state index contributed by atoms with van der Waals surface area (Å²) < 4.78 is 0. The molecule has 0 radical (unpaired) electrons. The van der Waals surface area contributed by atoms with E-state index in [4.69, 9.17) is 5.11 Å². The van der Waals surface area contributed by atoms with Gasteiger partial charge < -0.3 is 10.4 Å². The van der Waals surface area contributed by atoms with Crippen LogP contribution in [0.1, 0.15) is 50.3 Å². The van der Waals surface area contributed by atoms with Gasteiger partial charge in [-0.2, -0.15) is 0 Å². The molecule has 0 saturated heterocycles. The minimum absolute atomic E-state index is 0.0151. The van der Waals surface area contributed by atoms with E-state index in [1.807, 2.05) is 38.1 Å². The van der Waals surface area contributed by atoms with Gasteiger partial charge in [-0.05, 0) is 31.0 Å². The summed E-state index contributed by atoms with van der Waals surface area (Å²) in [5.41, 5.74) is 1.95. The van der Waals surface area contributed by atoms with Crippen molar-refractivity contribution >= 4 is 5.91 Å². The molecule has 1 atom stereocenters. The first-order valence-electron chi connectivity index (χ1n) is 6.66. The molecule has 1 aromatic rings. The Labute approximate surface area is 115 Å². The quantitative estimate of drug-likeness (QED) is 0.798. The number of hydrogen-bond donors (Lipinski definition) is 2. The molecule has 0 fully saturated rings. The Morgan fingerprint density at radius 2 is 2.26 bits per heavy atom. The first-order chi connectivity index (χ1) is 9.17. The van der Waals surface area contributed by atoms with Gasteiger partial charge in [0.1, 0.15) is 0 Å². The van der Waals surface area contributed by atoms with E-state index in [1.54, 1.807) is 0 Å². The fourth-order valence-corrected chi connectivity index (χ4v) is 1.73. The summed E-state index contributed by atoms with van der Waals surface area (Å²) in [6.45, 7) is 4.03. The Balaban J connectivity index is 2.70. The topological polar surface area (TPSA) is 49.3 Å². The van der Waals surface area contributed by atoms with E-state index in [-0.39, 0.29) is 18.6 Å². The van der Waals surface area contributed by atoms with Crippen molar-refractivity contribution in [3.05, 3.63) is 35.4 Å². The monoisotopic (exact) mass is 259 g/mol. The lowest BCUT2D eigenvalue weighted by Crippen LogP contribution is -2.26. The first-order valence-corrected chi connectivity index (χ1v) is 6.66. The summed E-state index contributed by atoms with van der Waals surface area (Å²) in [5, 5.41) is 11.7. The van der Waals surface area contributed by atoms with Crippen molar-refractivity contribution in [2.75, 3.05) is 6.61 Å². The van der Waals surface area contributed by atoms with Crippen LogP contribution in [0.4, 0.5) is 0 Å². The number of nitrogens with one attached hydrogen (secondary N) is 1. The molecule has 0 bridgehead atoms. The summed E-state index contributed by atoms with van der Waals surface area (Å²) in [5.74, 6) is 5.96. The molecular weight excluding hydrogens is 238 g/mol. The standard InChI is InChI=1S/C16H21NO2/c1-3-7-16(19)17-13(2)15-10-6-9-14(12-15)8-4-5-11-18/h6,9-10,12-13,18H,3,5,7,11H2,1-2H3,(H,17,19). The minimum Gasteiger partial charge on any atom is -0.395 e. The predicted molar refractivity (Wildman–Crippen MR) is 76.5 cm³/mol. The Hall–Kier alpha value is -1.79. The molecule has 0 aliphatic heterocycles. The highest BCUT2D eigenvalue weighted by Crippen LogP contribution is 2.14. The van der Waals surface area contributed by atoms with Crippen molar-refractivity contribution in [3.8, 4) is 11.8 Å². The van der Waals surface area contributed by atoms with E-state index in [1.165, 1.54) is 0 Å². The number of hydrogen-bond acceptors (Lipinski definition) is 2. The van der Waals surface area contributed by atoms with E-state index >= 15 is 0 Å². The van der Waals surface area contributed by atoms with Gasteiger partial charge in [0.25, 0.3) is 0 Å². The van der Waals surface area contributed by atoms with Gasteiger partial charge in [-0.1, -0.05) is 30.9 Å². The molecule has 0 heterocycles. The largest absolute Gasteiger partial charge is 0.395 e. The fraction of sp³-hybridized carbons (Fsp3) is 0.438. The molecule has 0 spiro atoms. The summed E-state index contributed by atoms with van der Waals surface area (Å²) in [4.78, 5) is 11.6. The number of amides is 1. The Bertz CT molecular complexity index is 471. The van der Waals surface area contributed by atoms with Gasteiger partial charge in [0, 0.05) is 18.4 Å². The van der Waals surface area contributed by atoms with Gasteiger partial charge in [-0.3, -0.25) is 4.79 Å². The zero-order valence-corrected chi connectivity index (χ0v) is 11.6. The van der Waals surface area contributed by atoms with Crippen molar-refractivity contribution in [2.45, 2.75) is 39.2 Å². The van der Waals surface area contributed by atoms with Crippen LogP contribution >= 0.6 is 0 Å². The van der Waals surface area contributed by atoms with Gasteiger partial charge in [0.15, 0.2) is 0 Å². The summed E-state index contributed by atoms with van der Waals surface area (Å²) in [6, 6.07) is 7.79. The fourth-order valence-electron chi connectivity index (χ4n) is 1.73. The van der Waals surface area contributed by atoms with Crippen LogP contribution in [0.15, 0.2) is 24.3 Å². The third-order valence-electron chi connectivity index (χ3n) is 2.71. The molecule has 0 aliphatic carbocycles. The first kappa shape index (κ1) is 15.3. The van der Waals surface area contributed by atoms with Crippen molar-refractivity contribution in [2.24, 2.45) is 0 Å². The van der Waals surface area contributed by atoms with Crippen LogP contribution in [-0.4, -0.2) is 17.6 Å². The second kappa shape index (κ2) is 8.34. The molecule has 0 aliphatic rings. The maximum absolute atomic E-state index is 11.6. The molecule has 0 aromatic heterocycles. The average Bonchev–Trinajstić information content (AvgIpc) is 2.39. The van der Waals surface area contributed by atoms with Crippen molar-refractivity contribution < 1.29 is 9.90 Å². The number of carbonyl (C=O) groups is 1.